The van der Waals surface area contributed by atoms with Crippen molar-refractivity contribution >= 4 is 22.8 Å². The zero-order valence-electron chi connectivity index (χ0n) is 16.2. The number of likely N-dealkylation sites (N-methyl/N-ethyl adjacent to an activating group) is 1. The number of nitrogens with one attached hydrogen (secondary N) is 1. The normalized spacial score (nSPS) is 14.4. The minimum atomic E-state index is -0.959. The first kappa shape index (κ1) is 18.3. The Hall–Kier alpha value is -3.08. The van der Waals surface area contributed by atoms with Crippen LogP contribution in [0.2, 0.25) is 0 Å². The molecule has 0 radical (unpaired) electrons. The average molecular weight is 376 g/mol. The maximum Gasteiger partial charge on any atom is 0.339 e. The Labute approximate surface area is 164 Å². The fourth-order valence-corrected chi connectivity index (χ4v) is 3.83. The van der Waals surface area contributed by atoms with Gasteiger partial charge in [0.2, 0.25) is 6.10 Å². The van der Waals surface area contributed by atoms with Crippen molar-refractivity contribution in [2.45, 2.75) is 31.8 Å². The van der Waals surface area contributed by atoms with Gasteiger partial charge in [-0.25, -0.2) is 4.79 Å². The first-order chi connectivity index (χ1) is 13.5. The molecule has 1 amide bonds. The van der Waals surface area contributed by atoms with Crippen LogP contribution in [0.15, 0.2) is 48.5 Å². The highest BCUT2D eigenvalue weighted by molar-refractivity contribution is 5.97. The van der Waals surface area contributed by atoms with Crippen molar-refractivity contribution in [2.75, 3.05) is 14.1 Å². The van der Waals surface area contributed by atoms with Crippen LogP contribution < -0.4 is 0 Å². The Kier molecular flexibility index (Phi) is 4.90. The van der Waals surface area contributed by atoms with Gasteiger partial charge in [-0.05, 0) is 49.4 Å². The average Bonchev–Trinajstić information content (AvgIpc) is 3.09. The topological polar surface area (TPSA) is 62.4 Å². The Morgan fingerprint density at radius 3 is 2.54 bits per heavy atom. The van der Waals surface area contributed by atoms with Gasteiger partial charge in [0, 0.05) is 36.3 Å². The van der Waals surface area contributed by atoms with Crippen LogP contribution in [-0.4, -0.2) is 35.9 Å². The zero-order valence-corrected chi connectivity index (χ0v) is 16.2. The lowest BCUT2D eigenvalue weighted by Gasteiger charge is -2.21. The number of nitrogens with zero attached hydrogens (tertiary/aromatic N) is 1. The van der Waals surface area contributed by atoms with Crippen LogP contribution in [0.1, 0.15) is 46.1 Å². The summed E-state index contributed by atoms with van der Waals surface area (Å²) >= 11 is 0. The molecule has 0 aliphatic heterocycles. The molecule has 28 heavy (non-hydrogen) atoms. The molecule has 5 heteroatoms. The molecular weight excluding hydrogens is 352 g/mol. The molecule has 1 atom stereocenters. The number of carbonyl (C=O) groups is 2. The molecule has 0 fully saturated rings. The number of benzene rings is 2. The summed E-state index contributed by atoms with van der Waals surface area (Å²) < 4.78 is 5.67. The Balaban J connectivity index is 1.65. The summed E-state index contributed by atoms with van der Waals surface area (Å²) in [6, 6.07) is 14.7. The van der Waals surface area contributed by atoms with Gasteiger partial charge in [-0.2, -0.15) is 0 Å². The molecule has 4 rings (SSSR count). The monoisotopic (exact) mass is 376 g/mol. The van der Waals surface area contributed by atoms with Crippen molar-refractivity contribution in [3.05, 3.63) is 70.9 Å². The second kappa shape index (κ2) is 7.50. The van der Waals surface area contributed by atoms with E-state index in [1.807, 2.05) is 30.3 Å². The maximum absolute atomic E-state index is 12.9. The molecule has 0 saturated carbocycles. The zero-order chi connectivity index (χ0) is 19.7. The Bertz CT molecular complexity index is 1020. The molecule has 1 aromatic heterocycles. The number of rotatable bonds is 4. The number of fused-ring (bicyclic) bond motifs is 3. The lowest BCUT2D eigenvalue weighted by atomic mass is 9.95. The fraction of sp³-hybridized carbons (Fsp3) is 0.304. The molecule has 144 valence electrons. The maximum atomic E-state index is 12.9. The SMILES string of the molecule is CN(C)C(=O)[C@@H](OC(=O)c1ccc2[nH]c3c(c2c1)CCCC3)c1ccccc1. The van der Waals surface area contributed by atoms with Gasteiger partial charge in [0.15, 0.2) is 0 Å². The van der Waals surface area contributed by atoms with E-state index < -0.39 is 12.1 Å². The van der Waals surface area contributed by atoms with E-state index in [1.54, 1.807) is 32.3 Å². The molecule has 1 aliphatic carbocycles. The molecule has 3 aromatic rings. The van der Waals surface area contributed by atoms with E-state index in [9.17, 15) is 9.59 Å². The highest BCUT2D eigenvalue weighted by Crippen LogP contribution is 2.30. The van der Waals surface area contributed by atoms with Gasteiger partial charge in [-0.15, -0.1) is 0 Å². The van der Waals surface area contributed by atoms with Crippen molar-refractivity contribution in [2.24, 2.45) is 0 Å². The predicted octanol–water partition coefficient (Wildman–Crippen LogP) is 4.03. The van der Waals surface area contributed by atoms with Gasteiger partial charge < -0.3 is 14.6 Å². The molecule has 1 N–H and O–H groups in total. The van der Waals surface area contributed by atoms with Crippen LogP contribution in [-0.2, 0) is 22.4 Å². The van der Waals surface area contributed by atoms with Crippen molar-refractivity contribution in [1.29, 1.82) is 0 Å². The molecular formula is C23H24N2O3. The molecule has 0 saturated heterocycles. The number of esters is 1. The summed E-state index contributed by atoms with van der Waals surface area (Å²) in [5.74, 6) is -0.753. The smallest absolute Gasteiger partial charge is 0.339 e. The first-order valence-electron chi connectivity index (χ1n) is 9.65. The van der Waals surface area contributed by atoms with Gasteiger partial charge in [0.05, 0.1) is 5.56 Å². The summed E-state index contributed by atoms with van der Waals surface area (Å²) in [6.07, 6.45) is 3.48. The van der Waals surface area contributed by atoms with Crippen molar-refractivity contribution in [1.82, 2.24) is 9.88 Å². The van der Waals surface area contributed by atoms with E-state index in [-0.39, 0.29) is 5.91 Å². The van der Waals surface area contributed by atoms with Gasteiger partial charge in [-0.1, -0.05) is 30.3 Å². The minimum absolute atomic E-state index is 0.264. The predicted molar refractivity (Wildman–Crippen MR) is 108 cm³/mol. The van der Waals surface area contributed by atoms with Crippen LogP contribution in [0.3, 0.4) is 0 Å². The highest BCUT2D eigenvalue weighted by Gasteiger charge is 2.27. The third-order valence-corrected chi connectivity index (χ3v) is 5.33. The summed E-state index contributed by atoms with van der Waals surface area (Å²) in [6.45, 7) is 0. The second-order valence-corrected chi connectivity index (χ2v) is 7.48. The minimum Gasteiger partial charge on any atom is -0.444 e. The van der Waals surface area contributed by atoms with Gasteiger partial charge >= 0.3 is 5.97 Å². The summed E-state index contributed by atoms with van der Waals surface area (Å²) in [4.78, 5) is 30.4. The van der Waals surface area contributed by atoms with Gasteiger partial charge in [0.1, 0.15) is 0 Å². The molecule has 1 aliphatic rings. The number of ether oxygens (including phenoxy) is 1. The molecule has 0 unspecified atom stereocenters. The first-order valence-corrected chi connectivity index (χ1v) is 9.65. The lowest BCUT2D eigenvalue weighted by molar-refractivity contribution is -0.138. The van der Waals surface area contributed by atoms with E-state index in [0.717, 1.165) is 23.7 Å². The van der Waals surface area contributed by atoms with E-state index in [1.165, 1.54) is 29.0 Å². The molecule has 5 nitrogen and oxygen atoms in total. The van der Waals surface area contributed by atoms with Crippen molar-refractivity contribution < 1.29 is 14.3 Å². The van der Waals surface area contributed by atoms with Crippen LogP contribution >= 0.6 is 0 Å². The number of H-pyrrole nitrogens is 1. The van der Waals surface area contributed by atoms with E-state index in [0.29, 0.717) is 11.1 Å². The van der Waals surface area contributed by atoms with E-state index in [4.69, 9.17) is 4.74 Å². The largest absolute Gasteiger partial charge is 0.444 e. The number of aryl methyl sites for hydroxylation is 2. The van der Waals surface area contributed by atoms with Crippen LogP contribution in [0, 0.1) is 0 Å². The standard InChI is InChI=1S/C23H24N2O3/c1-25(2)22(26)21(15-8-4-3-5-9-15)28-23(27)16-12-13-20-18(14-16)17-10-6-7-11-19(17)24-20/h3-5,8-9,12-14,21,24H,6-7,10-11H2,1-2H3/t21-/m0/s1. The second-order valence-electron chi connectivity index (χ2n) is 7.48. The van der Waals surface area contributed by atoms with E-state index >= 15 is 0 Å². The van der Waals surface area contributed by atoms with Crippen LogP contribution in [0.25, 0.3) is 10.9 Å². The quantitative estimate of drug-likeness (QED) is 0.699. The fourth-order valence-electron chi connectivity index (χ4n) is 3.83. The molecule has 1 heterocycles. The lowest BCUT2D eigenvalue weighted by Crippen LogP contribution is -2.31. The molecule has 0 bridgehead atoms. The van der Waals surface area contributed by atoms with E-state index in [2.05, 4.69) is 4.98 Å². The summed E-state index contributed by atoms with van der Waals surface area (Å²) in [5.41, 5.74) is 4.76. The third kappa shape index (κ3) is 3.40. The van der Waals surface area contributed by atoms with Crippen LogP contribution in [0.5, 0.6) is 0 Å². The number of carbonyl (C=O) groups excluding carboxylic acids is 2. The number of aromatic amines is 1. The van der Waals surface area contributed by atoms with Crippen molar-refractivity contribution in [3.63, 3.8) is 0 Å². The summed E-state index contributed by atoms with van der Waals surface area (Å²) in [7, 11) is 3.31. The highest BCUT2D eigenvalue weighted by atomic mass is 16.5. The molecule has 0 spiro atoms. The Morgan fingerprint density at radius 2 is 1.79 bits per heavy atom. The number of aromatic nitrogens is 1. The van der Waals surface area contributed by atoms with Crippen molar-refractivity contribution in [3.8, 4) is 0 Å². The Morgan fingerprint density at radius 1 is 1.04 bits per heavy atom. The molecule has 2 aromatic carbocycles. The third-order valence-electron chi connectivity index (χ3n) is 5.33. The van der Waals surface area contributed by atoms with Gasteiger partial charge in [0.25, 0.3) is 5.91 Å². The number of hydrogen-bond donors (Lipinski definition) is 1. The van der Waals surface area contributed by atoms with Gasteiger partial charge in [-0.3, -0.25) is 4.79 Å². The van der Waals surface area contributed by atoms with Crippen LogP contribution in [0.4, 0.5) is 0 Å². The number of amides is 1. The number of hydrogen-bond acceptors (Lipinski definition) is 3. The summed E-state index contributed by atoms with van der Waals surface area (Å²) in [5, 5.41) is 1.08.